The molecule has 5 nitrogen and oxygen atoms in total. The van der Waals surface area contributed by atoms with Crippen molar-refractivity contribution in [3.05, 3.63) is 40.8 Å². The van der Waals surface area contributed by atoms with E-state index in [1.807, 2.05) is 24.6 Å². The first-order valence-electron chi connectivity index (χ1n) is 5.72. The van der Waals surface area contributed by atoms with E-state index in [1.54, 1.807) is 16.0 Å². The van der Waals surface area contributed by atoms with Gasteiger partial charge in [0.2, 0.25) is 5.89 Å². The summed E-state index contributed by atoms with van der Waals surface area (Å²) >= 11 is 1.66. The van der Waals surface area contributed by atoms with Crippen LogP contribution in [0.3, 0.4) is 0 Å². The van der Waals surface area contributed by atoms with E-state index in [9.17, 15) is 0 Å². The maximum Gasteiger partial charge on any atom is 0.248 e. The molecule has 0 N–H and O–H groups in total. The lowest BCUT2D eigenvalue weighted by Crippen LogP contribution is -2.00. The molecule has 6 heteroatoms. The summed E-state index contributed by atoms with van der Waals surface area (Å²) in [6.07, 6.45) is 2.70. The number of nitrogens with zero attached hydrogens (tertiary/aromatic N) is 4. The van der Waals surface area contributed by atoms with Crippen LogP contribution in [0, 0.1) is 0 Å². The van der Waals surface area contributed by atoms with Crippen molar-refractivity contribution >= 4 is 11.3 Å². The zero-order valence-corrected chi connectivity index (χ0v) is 10.7. The molecule has 0 bridgehead atoms. The average Bonchev–Trinajstić information content (AvgIpc) is 3.10. The maximum atomic E-state index is 5.14. The lowest BCUT2D eigenvalue weighted by atomic mass is 10.2. The summed E-state index contributed by atoms with van der Waals surface area (Å²) in [6, 6.07) is 4.04. The molecule has 0 aliphatic rings. The molecule has 0 saturated carbocycles. The van der Waals surface area contributed by atoms with Gasteiger partial charge in [-0.2, -0.15) is 21.4 Å². The van der Waals surface area contributed by atoms with E-state index < -0.39 is 0 Å². The van der Waals surface area contributed by atoms with Gasteiger partial charge in [-0.1, -0.05) is 12.1 Å². The van der Waals surface area contributed by atoms with Crippen LogP contribution < -0.4 is 0 Å². The number of hydrogen-bond donors (Lipinski definition) is 0. The minimum Gasteiger partial charge on any atom is -0.337 e. The quantitative estimate of drug-likeness (QED) is 0.723. The largest absolute Gasteiger partial charge is 0.337 e. The van der Waals surface area contributed by atoms with E-state index in [4.69, 9.17) is 4.52 Å². The van der Waals surface area contributed by atoms with Crippen molar-refractivity contribution in [2.75, 3.05) is 0 Å². The van der Waals surface area contributed by atoms with E-state index >= 15 is 0 Å². The van der Waals surface area contributed by atoms with Crippen LogP contribution >= 0.6 is 11.3 Å². The molecule has 0 radical (unpaired) electrons. The Kier molecular flexibility index (Phi) is 2.93. The van der Waals surface area contributed by atoms with E-state index in [-0.39, 0.29) is 0 Å². The normalized spacial score (nSPS) is 10.9. The zero-order valence-electron chi connectivity index (χ0n) is 9.91. The zero-order chi connectivity index (χ0) is 12.4. The predicted molar refractivity (Wildman–Crippen MR) is 68.3 cm³/mol. The number of hydrogen-bond acceptors (Lipinski definition) is 5. The second kappa shape index (κ2) is 4.73. The Morgan fingerprint density at radius 1 is 1.39 bits per heavy atom. The minimum absolute atomic E-state index is 0.511. The molecule has 18 heavy (non-hydrogen) atoms. The summed E-state index contributed by atoms with van der Waals surface area (Å²) in [5.41, 5.74) is 2.10. The molecular formula is C12H12N4OS. The first-order valence-corrected chi connectivity index (χ1v) is 6.67. The third-order valence-electron chi connectivity index (χ3n) is 2.58. The maximum absolute atomic E-state index is 5.14. The summed E-state index contributed by atoms with van der Waals surface area (Å²) in [6.45, 7) is 2.51. The van der Waals surface area contributed by atoms with Gasteiger partial charge in [-0.15, -0.1) is 0 Å². The highest BCUT2D eigenvalue weighted by Crippen LogP contribution is 2.19. The lowest BCUT2D eigenvalue weighted by Gasteiger charge is -1.95. The Bertz CT molecular complexity index is 626. The molecule has 0 unspecified atom stereocenters. The van der Waals surface area contributed by atoms with Crippen LogP contribution in [0.25, 0.3) is 11.3 Å². The van der Waals surface area contributed by atoms with E-state index in [2.05, 4.69) is 26.7 Å². The summed E-state index contributed by atoms with van der Waals surface area (Å²) in [7, 11) is 0. The molecule has 0 saturated heterocycles. The molecule has 0 atom stereocenters. The highest BCUT2D eigenvalue weighted by molar-refractivity contribution is 7.08. The van der Waals surface area contributed by atoms with Gasteiger partial charge in [0, 0.05) is 23.6 Å². The molecule has 0 fully saturated rings. The van der Waals surface area contributed by atoms with Crippen LogP contribution in [0.1, 0.15) is 18.6 Å². The molecule has 3 aromatic rings. The second-order valence-electron chi connectivity index (χ2n) is 3.87. The first-order chi connectivity index (χ1) is 8.85. The van der Waals surface area contributed by atoms with E-state index in [0.717, 1.165) is 23.5 Å². The molecular weight excluding hydrogens is 248 g/mol. The SMILES string of the molecule is CCc1noc(Cn2ccc(-c3ccsc3)n2)n1. The third kappa shape index (κ3) is 2.19. The predicted octanol–water partition coefficient (Wildman–Crippen LogP) is 2.61. The van der Waals surface area contributed by atoms with Gasteiger partial charge < -0.3 is 4.52 Å². The molecule has 3 heterocycles. The average molecular weight is 260 g/mol. The van der Waals surface area contributed by atoms with Crippen molar-refractivity contribution in [1.29, 1.82) is 0 Å². The van der Waals surface area contributed by atoms with Crippen LogP contribution in [0.4, 0.5) is 0 Å². The van der Waals surface area contributed by atoms with Gasteiger partial charge in [-0.3, -0.25) is 4.68 Å². The molecule has 0 amide bonds. The highest BCUT2D eigenvalue weighted by atomic mass is 32.1. The van der Waals surface area contributed by atoms with Gasteiger partial charge in [-0.05, 0) is 17.5 Å². The molecule has 0 aliphatic carbocycles. The van der Waals surface area contributed by atoms with Crippen LogP contribution in [-0.2, 0) is 13.0 Å². The minimum atomic E-state index is 0.511. The Morgan fingerprint density at radius 2 is 2.33 bits per heavy atom. The van der Waals surface area contributed by atoms with Crippen molar-refractivity contribution in [2.45, 2.75) is 19.9 Å². The first kappa shape index (κ1) is 11.2. The lowest BCUT2D eigenvalue weighted by molar-refractivity contribution is 0.361. The van der Waals surface area contributed by atoms with Crippen molar-refractivity contribution in [3.8, 4) is 11.3 Å². The summed E-state index contributed by atoms with van der Waals surface area (Å²) in [4.78, 5) is 4.26. The number of rotatable bonds is 4. The fourth-order valence-electron chi connectivity index (χ4n) is 1.65. The Balaban J connectivity index is 1.77. The monoisotopic (exact) mass is 260 g/mol. The van der Waals surface area contributed by atoms with Gasteiger partial charge in [0.15, 0.2) is 5.82 Å². The number of thiophene rings is 1. The summed E-state index contributed by atoms with van der Waals surface area (Å²) < 4.78 is 6.95. The molecule has 0 spiro atoms. The van der Waals surface area contributed by atoms with Crippen molar-refractivity contribution < 1.29 is 4.52 Å². The Labute approximate surface area is 108 Å². The molecule has 92 valence electrons. The fraction of sp³-hybridized carbons (Fsp3) is 0.250. The van der Waals surface area contributed by atoms with E-state index in [0.29, 0.717) is 12.4 Å². The summed E-state index contributed by atoms with van der Waals surface area (Å²) in [5, 5.41) is 12.5. The van der Waals surface area contributed by atoms with E-state index in [1.165, 1.54) is 0 Å². The molecule has 0 aliphatic heterocycles. The van der Waals surface area contributed by atoms with Crippen LogP contribution in [0.5, 0.6) is 0 Å². The van der Waals surface area contributed by atoms with Gasteiger partial charge in [0.25, 0.3) is 0 Å². The smallest absolute Gasteiger partial charge is 0.248 e. The van der Waals surface area contributed by atoms with Crippen molar-refractivity contribution in [3.63, 3.8) is 0 Å². The molecule has 0 aromatic carbocycles. The Morgan fingerprint density at radius 3 is 3.06 bits per heavy atom. The van der Waals surface area contributed by atoms with Crippen LogP contribution in [0.15, 0.2) is 33.6 Å². The van der Waals surface area contributed by atoms with Gasteiger partial charge >= 0.3 is 0 Å². The third-order valence-corrected chi connectivity index (χ3v) is 3.26. The van der Waals surface area contributed by atoms with Crippen molar-refractivity contribution in [2.24, 2.45) is 0 Å². The standard InChI is InChI=1S/C12H12N4OS/c1-2-11-13-12(17-15-11)7-16-5-3-10(14-16)9-4-6-18-8-9/h3-6,8H,2,7H2,1H3. The van der Waals surface area contributed by atoms with Gasteiger partial charge in [-0.25, -0.2) is 0 Å². The molecule has 3 aromatic heterocycles. The number of aryl methyl sites for hydroxylation is 1. The van der Waals surface area contributed by atoms with Crippen LogP contribution in [0.2, 0.25) is 0 Å². The second-order valence-corrected chi connectivity index (χ2v) is 4.65. The highest BCUT2D eigenvalue weighted by Gasteiger charge is 2.07. The summed E-state index contributed by atoms with van der Waals surface area (Å²) in [5.74, 6) is 1.32. The fourth-order valence-corrected chi connectivity index (χ4v) is 2.30. The number of aromatic nitrogens is 4. The van der Waals surface area contributed by atoms with Crippen LogP contribution in [-0.4, -0.2) is 19.9 Å². The molecule has 3 rings (SSSR count). The van der Waals surface area contributed by atoms with Gasteiger partial charge in [0.1, 0.15) is 6.54 Å². The van der Waals surface area contributed by atoms with Crippen molar-refractivity contribution in [1.82, 2.24) is 19.9 Å². The van der Waals surface area contributed by atoms with Gasteiger partial charge in [0.05, 0.1) is 5.69 Å². The topological polar surface area (TPSA) is 56.7 Å². The Hall–Kier alpha value is -1.95.